The summed E-state index contributed by atoms with van der Waals surface area (Å²) < 4.78 is 41.0. The molecule has 46 heavy (non-hydrogen) atoms. The highest BCUT2D eigenvalue weighted by molar-refractivity contribution is 6.10. The van der Waals surface area contributed by atoms with Crippen molar-refractivity contribution in [1.82, 2.24) is 19.8 Å². The van der Waals surface area contributed by atoms with Gasteiger partial charge in [-0.1, -0.05) is 6.07 Å². The van der Waals surface area contributed by atoms with E-state index < -0.39 is 11.6 Å². The van der Waals surface area contributed by atoms with Gasteiger partial charge < -0.3 is 19.7 Å². The summed E-state index contributed by atoms with van der Waals surface area (Å²) >= 11 is 0. The van der Waals surface area contributed by atoms with E-state index in [9.17, 15) is 14.8 Å². The van der Waals surface area contributed by atoms with Gasteiger partial charge in [0.1, 0.15) is 23.2 Å². The molecule has 1 saturated carbocycles. The predicted octanol–water partition coefficient (Wildman–Crippen LogP) is 7.15. The molecule has 2 bridgehead atoms. The molecule has 0 radical (unpaired) electrons. The summed E-state index contributed by atoms with van der Waals surface area (Å²) in [6.45, 7) is 6.12. The maximum absolute atomic E-state index is 17.4. The number of halogens is 2. The number of fused-ring (bicyclic) bond motifs is 5. The van der Waals surface area contributed by atoms with E-state index in [0.29, 0.717) is 45.1 Å². The maximum atomic E-state index is 17.4. The first kappa shape index (κ1) is 29.2. The molecular formula is C37H37F2N5O2. The van der Waals surface area contributed by atoms with Crippen LogP contribution in [0.1, 0.15) is 49.9 Å². The summed E-state index contributed by atoms with van der Waals surface area (Å²) in [5.74, 6) is -0.192. The number of benzene rings is 3. The standard InChI is InChI=1S/C37H37F2N5O2/c1-19-12-29-36(44(19)35-23-15-30(35)41-18-23)28-14-22(6-4-10-40)32(27-17-25(45)13-21-8-9-24(38)16-26(21)27)33(39)34(28)42-37(29)46-20(2)31-7-5-11-43(31)3/h8-9,12-14,16-17,20,23,30-31,35,41,45H,4-7,11,15,18H2,1-3H3/t20-,23+,30+,31?,35-/m0/s1. The first-order chi connectivity index (χ1) is 22.2. The van der Waals surface area contributed by atoms with Crippen molar-refractivity contribution in [3.05, 3.63) is 65.4 Å². The Kier molecular flexibility index (Phi) is 6.93. The summed E-state index contributed by atoms with van der Waals surface area (Å²) in [5.41, 5.74) is 3.32. The molecule has 9 rings (SSSR count). The van der Waals surface area contributed by atoms with Crippen LogP contribution < -0.4 is 10.1 Å². The number of rotatable bonds is 7. The Morgan fingerprint density at radius 3 is 2.72 bits per heavy atom. The molecule has 9 heteroatoms. The molecule has 4 fully saturated rings. The number of aromatic nitrogens is 2. The van der Waals surface area contributed by atoms with Crippen molar-refractivity contribution in [2.24, 2.45) is 5.92 Å². The molecule has 5 aromatic rings. The first-order valence-corrected chi connectivity index (χ1v) is 16.3. The predicted molar refractivity (Wildman–Crippen MR) is 175 cm³/mol. The Labute approximate surface area is 266 Å². The van der Waals surface area contributed by atoms with Gasteiger partial charge in [0, 0.05) is 41.7 Å². The van der Waals surface area contributed by atoms with E-state index >= 15 is 4.39 Å². The molecule has 2 N–H and O–H groups in total. The highest BCUT2D eigenvalue weighted by atomic mass is 19.1. The minimum absolute atomic E-state index is 0.0563. The Balaban J connectivity index is 1.43. The van der Waals surface area contributed by atoms with Crippen LogP contribution in [0.4, 0.5) is 8.78 Å². The summed E-state index contributed by atoms with van der Waals surface area (Å²) in [6, 6.07) is 14.4. The van der Waals surface area contributed by atoms with Gasteiger partial charge in [0.05, 0.1) is 23.0 Å². The average Bonchev–Trinajstić information content (AvgIpc) is 3.82. The number of phenols is 1. The zero-order valence-electron chi connectivity index (χ0n) is 26.3. The van der Waals surface area contributed by atoms with Crippen LogP contribution in [0.3, 0.4) is 0 Å². The second-order valence-corrected chi connectivity index (χ2v) is 13.5. The van der Waals surface area contributed by atoms with E-state index in [1.54, 1.807) is 6.07 Å². The van der Waals surface area contributed by atoms with Crippen molar-refractivity contribution < 1.29 is 18.6 Å². The third kappa shape index (κ3) is 4.45. The van der Waals surface area contributed by atoms with Crippen LogP contribution in [0.15, 0.2) is 42.5 Å². The summed E-state index contributed by atoms with van der Waals surface area (Å²) in [6.07, 6.45) is 3.53. The van der Waals surface area contributed by atoms with Crippen molar-refractivity contribution in [2.75, 3.05) is 20.1 Å². The molecule has 4 aliphatic rings. The van der Waals surface area contributed by atoms with E-state index in [-0.39, 0.29) is 47.9 Å². The van der Waals surface area contributed by atoms with Crippen molar-refractivity contribution in [2.45, 2.75) is 70.2 Å². The topological polar surface area (TPSA) is 86.3 Å². The Morgan fingerprint density at radius 2 is 2.00 bits per heavy atom. The van der Waals surface area contributed by atoms with E-state index in [2.05, 4.69) is 47.8 Å². The molecule has 236 valence electrons. The molecule has 3 aromatic carbocycles. The van der Waals surface area contributed by atoms with Crippen molar-refractivity contribution in [3.8, 4) is 28.8 Å². The number of nitriles is 1. The van der Waals surface area contributed by atoms with E-state index in [1.807, 2.05) is 6.07 Å². The molecule has 2 aromatic heterocycles. The van der Waals surface area contributed by atoms with Crippen LogP contribution in [0.25, 0.3) is 43.7 Å². The minimum Gasteiger partial charge on any atom is -0.508 e. The Hall–Kier alpha value is -4.26. The van der Waals surface area contributed by atoms with Crippen LogP contribution in [0, 0.1) is 35.8 Å². The molecule has 3 aliphatic heterocycles. The molecule has 7 nitrogen and oxygen atoms in total. The first-order valence-electron chi connectivity index (χ1n) is 16.3. The minimum atomic E-state index is -0.570. The van der Waals surface area contributed by atoms with Crippen LogP contribution in [0.5, 0.6) is 11.6 Å². The molecule has 0 amide bonds. The van der Waals surface area contributed by atoms with Crippen LogP contribution in [-0.2, 0) is 6.42 Å². The zero-order chi connectivity index (χ0) is 31.9. The van der Waals surface area contributed by atoms with E-state index in [4.69, 9.17) is 9.72 Å². The highest BCUT2D eigenvalue weighted by Crippen LogP contribution is 2.49. The highest BCUT2D eigenvalue weighted by Gasteiger charge is 2.48. The number of aryl methyl sites for hydroxylation is 2. The fourth-order valence-electron chi connectivity index (χ4n) is 8.53. The van der Waals surface area contributed by atoms with Crippen molar-refractivity contribution >= 4 is 32.6 Å². The van der Waals surface area contributed by atoms with Gasteiger partial charge >= 0.3 is 0 Å². The van der Waals surface area contributed by atoms with Crippen molar-refractivity contribution in [1.29, 1.82) is 5.26 Å². The number of nitrogens with zero attached hydrogens (tertiary/aromatic N) is 4. The number of pyridine rings is 1. The lowest BCUT2D eigenvalue weighted by atomic mass is 9.79. The second-order valence-electron chi connectivity index (χ2n) is 13.5. The number of nitrogens with one attached hydrogen (secondary N) is 1. The lowest BCUT2D eigenvalue weighted by Gasteiger charge is -2.37. The zero-order valence-corrected chi connectivity index (χ0v) is 26.3. The normalized spacial score (nSPS) is 23.3. The molecule has 1 aliphatic carbocycles. The molecule has 0 spiro atoms. The van der Waals surface area contributed by atoms with Gasteiger partial charge in [0.2, 0.25) is 5.88 Å². The fraction of sp³-hybridized carbons (Fsp3) is 0.405. The second kappa shape index (κ2) is 10.9. The van der Waals surface area contributed by atoms with E-state index in [0.717, 1.165) is 48.9 Å². The SMILES string of the molecule is Cc1cc2c(O[C@@H](C)C3CCCN3C)nc3c(F)c(-c4cc(O)cc5ccc(F)cc45)c(CCC#N)cc3c2n1[C@H]1[C@H]2CN[C@@H]1C2. The lowest BCUT2D eigenvalue weighted by Crippen LogP contribution is -2.39. The van der Waals surface area contributed by atoms with Gasteiger partial charge in [-0.3, -0.25) is 4.90 Å². The Bertz CT molecular complexity index is 2070. The van der Waals surface area contributed by atoms with Crippen LogP contribution >= 0.6 is 0 Å². The van der Waals surface area contributed by atoms with Crippen LogP contribution in [0.2, 0.25) is 0 Å². The van der Waals surface area contributed by atoms with Gasteiger partial charge in [-0.15, -0.1) is 0 Å². The number of hydrogen-bond donors (Lipinski definition) is 2. The molecule has 3 saturated heterocycles. The summed E-state index contributed by atoms with van der Waals surface area (Å²) in [7, 11) is 2.11. The third-order valence-corrected chi connectivity index (χ3v) is 10.7. The number of likely N-dealkylation sites (tertiary alicyclic amines) is 1. The van der Waals surface area contributed by atoms with Crippen LogP contribution in [-0.4, -0.2) is 57.9 Å². The summed E-state index contributed by atoms with van der Waals surface area (Å²) in [4.78, 5) is 7.24. The smallest absolute Gasteiger partial charge is 0.223 e. The van der Waals surface area contributed by atoms with E-state index in [1.165, 1.54) is 24.3 Å². The number of hydrogen-bond acceptors (Lipinski definition) is 6. The maximum Gasteiger partial charge on any atom is 0.223 e. The summed E-state index contributed by atoms with van der Waals surface area (Å²) in [5, 5.41) is 26.5. The van der Waals surface area contributed by atoms with Gasteiger partial charge in [0.15, 0.2) is 5.82 Å². The monoisotopic (exact) mass is 621 g/mol. The molecule has 5 atom stereocenters. The number of likely N-dealkylation sites (N-methyl/N-ethyl adjacent to an activating group) is 1. The van der Waals surface area contributed by atoms with Gasteiger partial charge in [-0.05, 0) is 117 Å². The van der Waals surface area contributed by atoms with Gasteiger partial charge in [-0.2, -0.15) is 5.26 Å². The molecule has 1 unspecified atom stereocenters. The number of ether oxygens (including phenoxy) is 1. The van der Waals surface area contributed by atoms with Gasteiger partial charge in [-0.25, -0.2) is 13.8 Å². The molecular weight excluding hydrogens is 584 g/mol. The Morgan fingerprint density at radius 1 is 1.15 bits per heavy atom. The fourth-order valence-corrected chi connectivity index (χ4v) is 8.53. The number of aromatic hydroxyl groups is 1. The largest absolute Gasteiger partial charge is 0.508 e. The lowest BCUT2D eigenvalue weighted by molar-refractivity contribution is 0.119. The molecule has 5 heterocycles. The van der Waals surface area contributed by atoms with Gasteiger partial charge in [0.25, 0.3) is 0 Å². The van der Waals surface area contributed by atoms with Crippen molar-refractivity contribution in [3.63, 3.8) is 0 Å². The third-order valence-electron chi connectivity index (χ3n) is 10.7. The number of phenolic OH excluding ortho intramolecular Hbond substituents is 1. The quantitative estimate of drug-likeness (QED) is 0.201. The average molecular weight is 622 g/mol.